The number of rotatable bonds is 18. The van der Waals surface area contributed by atoms with E-state index in [0.717, 1.165) is 6.07 Å². The molecule has 2 aromatic carbocycles. The van der Waals surface area contributed by atoms with Crippen LogP contribution in [0.3, 0.4) is 0 Å². The Labute approximate surface area is 292 Å². The number of anilines is 1. The highest BCUT2D eigenvalue weighted by Gasteiger charge is 2.28. The minimum atomic E-state index is -4.99. The van der Waals surface area contributed by atoms with E-state index in [2.05, 4.69) is 0 Å². The smallest absolute Gasteiger partial charge is 0.303 e. The van der Waals surface area contributed by atoms with E-state index in [1.807, 2.05) is 4.90 Å². The Balaban J connectivity index is 2.69. The van der Waals surface area contributed by atoms with Crippen LogP contribution >= 0.6 is 0 Å². The number of hydrogen-bond acceptors (Lipinski definition) is 10. The Kier molecular flexibility index (Phi) is 14.6. The Bertz CT molecular complexity index is 2140. The molecule has 0 bridgehead atoms. The predicted octanol–water partition coefficient (Wildman–Crippen LogP) is 4.04. The molecule has 0 aliphatic heterocycles. The van der Waals surface area contributed by atoms with Gasteiger partial charge in [0.25, 0.3) is 40.5 Å². The second kappa shape index (κ2) is 17.1. The van der Waals surface area contributed by atoms with Crippen molar-refractivity contribution < 1.29 is 66.4 Å². The third-order valence-corrected chi connectivity index (χ3v) is 11.0. The van der Waals surface area contributed by atoms with Gasteiger partial charge in [-0.2, -0.15) is 38.2 Å². The van der Waals surface area contributed by atoms with Crippen LogP contribution in [0.15, 0.2) is 68.9 Å². The summed E-state index contributed by atoms with van der Waals surface area (Å²) in [6.07, 6.45) is 6.14. The van der Waals surface area contributed by atoms with Gasteiger partial charge in [-0.25, -0.2) is 0 Å². The summed E-state index contributed by atoms with van der Waals surface area (Å²) < 4.78 is 134. The number of aliphatic carboxylic acids is 1. The molecule has 0 amide bonds. The van der Waals surface area contributed by atoms with Crippen molar-refractivity contribution in [3.8, 4) is 0 Å². The fraction of sp³-hybridized carbons (Fsp3) is 0.400. The van der Waals surface area contributed by atoms with Gasteiger partial charge in [0.05, 0.1) is 10.6 Å². The zero-order valence-electron chi connectivity index (χ0n) is 27.7. The Morgan fingerprint density at radius 2 is 1.42 bits per heavy atom. The van der Waals surface area contributed by atoms with Crippen LogP contribution in [0.1, 0.15) is 57.1 Å². The molecular weight excluding hydrogens is 741 g/mol. The highest BCUT2D eigenvalue weighted by atomic mass is 32.2. The summed E-state index contributed by atoms with van der Waals surface area (Å²) in [7, 11) is -18.8. The van der Waals surface area contributed by atoms with Crippen LogP contribution in [0.4, 0.5) is 11.4 Å². The first-order valence-corrected chi connectivity index (χ1v) is 20.8. The van der Waals surface area contributed by atoms with Gasteiger partial charge in [-0.3, -0.25) is 23.0 Å². The number of allylic oxidation sites excluding steroid dienone is 4. The average molecular weight is 782 g/mol. The van der Waals surface area contributed by atoms with Crippen molar-refractivity contribution in [3.05, 3.63) is 65.4 Å². The first-order valence-electron chi connectivity index (χ1n) is 14.9. The van der Waals surface area contributed by atoms with Gasteiger partial charge in [-0.05, 0) is 69.5 Å². The molecule has 0 aliphatic rings. The second-order valence-corrected chi connectivity index (χ2v) is 17.2. The number of unbranched alkanes of at least 4 members (excludes halogenated alkanes) is 2. The van der Waals surface area contributed by atoms with Gasteiger partial charge in [-0.1, -0.05) is 12.5 Å². The normalized spacial score (nSPS) is 13.8. The van der Waals surface area contributed by atoms with Gasteiger partial charge >= 0.3 is 5.97 Å². The van der Waals surface area contributed by atoms with Crippen LogP contribution in [0, 0.1) is 13.8 Å². The molecule has 0 aliphatic carbocycles. The van der Waals surface area contributed by atoms with Gasteiger partial charge in [0.2, 0.25) is 5.69 Å². The molecule has 278 valence electrons. The summed E-state index contributed by atoms with van der Waals surface area (Å²) in [5.41, 5.74) is 1.83. The zero-order valence-corrected chi connectivity index (χ0v) is 31.0. The standard InChI is InChI=1S/C30H40N2O14S4/c1-21-18-25(48(38,39)40)13-14-27(21)31(15-7-5-6-12-30(33)34)22(2)10-8-11-23(3)32(16-9-17-47(35,36)37)28-19-26(49(41,42)43)20-29(24(28)4)50(44,45)46/h8,10-11,13-14,18-20H,5-7,9,12,15-17H2,1-4H3,(H4-,33,34,35,36,37,38,39,40,41,42,43,44,45,46)/p+1. The largest absolute Gasteiger partial charge is 0.481 e. The molecule has 50 heavy (non-hydrogen) atoms. The van der Waals surface area contributed by atoms with Gasteiger partial charge in [0, 0.05) is 55.4 Å². The third-order valence-electron chi connectivity index (χ3n) is 7.51. The van der Waals surface area contributed by atoms with Crippen LogP contribution in [0.2, 0.25) is 0 Å². The van der Waals surface area contributed by atoms with Crippen LogP contribution in [0.25, 0.3) is 0 Å². The first-order chi connectivity index (χ1) is 22.8. The van der Waals surface area contributed by atoms with E-state index in [1.165, 1.54) is 42.7 Å². The van der Waals surface area contributed by atoms with Crippen LogP contribution in [-0.2, 0) is 45.3 Å². The minimum Gasteiger partial charge on any atom is -0.481 e. The predicted molar refractivity (Wildman–Crippen MR) is 185 cm³/mol. The monoisotopic (exact) mass is 781 g/mol. The number of carboxylic acids is 1. The fourth-order valence-corrected chi connectivity index (χ4v) is 7.47. The lowest BCUT2D eigenvalue weighted by Gasteiger charge is -2.27. The highest BCUT2D eigenvalue weighted by Crippen LogP contribution is 2.31. The first kappa shape index (κ1) is 42.7. The summed E-state index contributed by atoms with van der Waals surface area (Å²) in [6.45, 7) is 6.41. The molecule has 0 atom stereocenters. The molecule has 20 heteroatoms. The van der Waals surface area contributed by atoms with Crippen LogP contribution < -0.4 is 4.90 Å². The molecule has 2 rings (SSSR count). The van der Waals surface area contributed by atoms with E-state index in [0.29, 0.717) is 54.5 Å². The SMILES string of the molecule is C\C(=C/C=C/C(C)=[N+](\CCCS(=O)(=O)O)c1cc(S(=O)(=O)O)cc(S(=O)(=O)O)c1C)N(CCCCCC(=O)O)c1ccc(S(=O)(=O)O)cc1C. The number of benzene rings is 2. The molecule has 0 aromatic heterocycles. The lowest BCUT2D eigenvalue weighted by atomic mass is 10.1. The van der Waals surface area contributed by atoms with E-state index in [4.69, 9.17) is 5.11 Å². The van der Waals surface area contributed by atoms with E-state index in [9.17, 15) is 56.7 Å². The molecule has 0 saturated carbocycles. The molecule has 0 unspecified atom stereocenters. The summed E-state index contributed by atoms with van der Waals surface area (Å²) in [5.74, 6) is -1.62. The van der Waals surface area contributed by atoms with Crippen molar-refractivity contribution in [1.29, 1.82) is 0 Å². The van der Waals surface area contributed by atoms with Gasteiger partial charge in [0.1, 0.15) is 16.3 Å². The maximum absolute atomic E-state index is 12.1. The van der Waals surface area contributed by atoms with Gasteiger partial charge in [-0.15, -0.1) is 0 Å². The Hall–Kier alpha value is -3.50. The summed E-state index contributed by atoms with van der Waals surface area (Å²) in [5, 5.41) is 8.95. The molecule has 0 heterocycles. The van der Waals surface area contributed by atoms with E-state index in [-0.39, 0.29) is 35.5 Å². The van der Waals surface area contributed by atoms with Crippen molar-refractivity contribution in [2.45, 2.75) is 74.5 Å². The fourth-order valence-electron chi connectivity index (χ4n) is 5.04. The quantitative estimate of drug-likeness (QED) is 0.0470. The minimum absolute atomic E-state index is 0.00612. The molecule has 5 N–H and O–H groups in total. The summed E-state index contributed by atoms with van der Waals surface area (Å²) in [6, 6.07) is 5.60. The Morgan fingerprint density at radius 1 is 0.800 bits per heavy atom. The maximum atomic E-state index is 12.1. The van der Waals surface area contributed by atoms with Crippen molar-refractivity contribution in [3.63, 3.8) is 0 Å². The second-order valence-electron chi connectivity index (χ2n) is 11.4. The summed E-state index contributed by atoms with van der Waals surface area (Å²) >= 11 is 0. The number of carbonyl (C=O) groups is 1. The molecule has 16 nitrogen and oxygen atoms in total. The van der Waals surface area contributed by atoms with Crippen molar-refractivity contribution in [2.24, 2.45) is 0 Å². The average Bonchev–Trinajstić information content (AvgIpc) is 2.95. The van der Waals surface area contributed by atoms with Crippen molar-refractivity contribution in [1.82, 2.24) is 0 Å². The molecule has 0 saturated heterocycles. The Morgan fingerprint density at radius 3 is 1.94 bits per heavy atom. The van der Waals surface area contributed by atoms with E-state index >= 15 is 0 Å². The lowest BCUT2D eigenvalue weighted by Crippen LogP contribution is -2.23. The molecule has 0 spiro atoms. The van der Waals surface area contributed by atoms with Crippen LogP contribution in [0.5, 0.6) is 0 Å². The molecule has 0 fully saturated rings. The van der Waals surface area contributed by atoms with Gasteiger partial charge < -0.3 is 10.0 Å². The zero-order chi connectivity index (χ0) is 38.2. The van der Waals surface area contributed by atoms with Crippen molar-refractivity contribution >= 4 is 63.5 Å². The topological polar surface area (TPSA) is 261 Å². The maximum Gasteiger partial charge on any atom is 0.303 e. The molecular formula is C30H41N2O14S4+. The number of hydrogen-bond donors (Lipinski definition) is 5. The lowest BCUT2D eigenvalue weighted by molar-refractivity contribution is -0.441. The van der Waals surface area contributed by atoms with E-state index < -0.39 is 62.0 Å². The molecule has 0 radical (unpaired) electrons. The van der Waals surface area contributed by atoms with Gasteiger partial charge in [0.15, 0.2) is 5.71 Å². The molecule has 2 aromatic rings. The number of carboxylic acid groups (broad SMARTS) is 1. The summed E-state index contributed by atoms with van der Waals surface area (Å²) in [4.78, 5) is 10.8. The van der Waals surface area contributed by atoms with Crippen LogP contribution in [-0.4, -0.2) is 92.1 Å². The number of aryl methyl sites for hydroxylation is 1. The third kappa shape index (κ3) is 13.0. The van der Waals surface area contributed by atoms with E-state index in [1.54, 1.807) is 26.0 Å². The highest BCUT2D eigenvalue weighted by molar-refractivity contribution is 7.87. The van der Waals surface area contributed by atoms with Crippen molar-refractivity contribution in [2.75, 3.05) is 23.7 Å². The number of nitrogens with zero attached hydrogens (tertiary/aromatic N) is 2.